The molecule has 0 spiro atoms. The molecule has 2 aliphatic rings. The average molecular weight is 670 g/mol. The first-order valence-corrected chi connectivity index (χ1v) is 15.6. The van der Waals surface area contributed by atoms with Gasteiger partial charge in [-0.3, -0.25) is 23.6 Å². The number of halogens is 3. The fourth-order valence-corrected chi connectivity index (χ4v) is 6.73. The van der Waals surface area contributed by atoms with E-state index in [2.05, 4.69) is 4.98 Å². The van der Waals surface area contributed by atoms with Gasteiger partial charge in [0.25, 0.3) is 17.9 Å². The van der Waals surface area contributed by atoms with Gasteiger partial charge in [0.1, 0.15) is 11.5 Å². The number of aryl methyl sites for hydroxylation is 1. The van der Waals surface area contributed by atoms with Crippen LogP contribution >= 0.6 is 11.6 Å². The average Bonchev–Trinajstić information content (AvgIpc) is 3.39. The number of hydrogen-bond acceptors (Lipinski definition) is 6. The summed E-state index contributed by atoms with van der Waals surface area (Å²) >= 11 is 6.63. The van der Waals surface area contributed by atoms with Gasteiger partial charge in [0.2, 0.25) is 0 Å². The van der Waals surface area contributed by atoms with E-state index in [9.17, 15) is 33.4 Å². The minimum absolute atomic E-state index is 0.0430. The maximum absolute atomic E-state index is 13.6. The van der Waals surface area contributed by atoms with Crippen LogP contribution in [0.3, 0.4) is 0 Å². The summed E-state index contributed by atoms with van der Waals surface area (Å²) in [5.74, 6) is -0.312. The highest BCUT2D eigenvalue weighted by atomic mass is 35.5. The fourth-order valence-electron chi connectivity index (χ4n) is 6.44. The molecule has 0 unspecified atom stereocenters. The van der Waals surface area contributed by atoms with E-state index in [-0.39, 0.29) is 84.9 Å². The second kappa shape index (κ2) is 12.7. The minimum Gasteiger partial charge on any atom is -0.465 e. The molecule has 2 N–H and O–H groups in total. The number of alkyl halides is 2. The predicted molar refractivity (Wildman–Crippen MR) is 169 cm³/mol. The summed E-state index contributed by atoms with van der Waals surface area (Å²) in [7, 11) is 0. The Kier molecular flexibility index (Phi) is 8.81. The molecule has 2 aromatic heterocycles. The molecule has 2 saturated heterocycles. The third kappa shape index (κ3) is 6.34. The molecule has 47 heavy (non-hydrogen) atoms. The smallest absolute Gasteiger partial charge is 0.407 e. The van der Waals surface area contributed by atoms with Gasteiger partial charge in [-0.15, -0.1) is 0 Å². The Morgan fingerprint density at radius 2 is 1.83 bits per heavy atom. The molecule has 248 valence electrons. The first-order valence-electron chi connectivity index (χ1n) is 15.2. The fraction of sp³-hybridized carbons (Fsp3) is 0.394. The summed E-state index contributed by atoms with van der Waals surface area (Å²) in [6.07, 6.45) is -2.06. The third-order valence-corrected chi connectivity index (χ3v) is 9.36. The monoisotopic (exact) mass is 669 g/mol. The lowest BCUT2D eigenvalue weighted by molar-refractivity contribution is -0.0466. The zero-order valence-corrected chi connectivity index (χ0v) is 26.5. The summed E-state index contributed by atoms with van der Waals surface area (Å²) in [5, 5.41) is 21.6. The highest BCUT2D eigenvalue weighted by Gasteiger charge is 2.36. The standard InChI is InChI=1S/C33H34ClF2N5O6/c1-19-13-23(7-8-24(19)26-16-47-20(2)15-40(26)32(44)45)41-27(34)14-25-29(41)37-18-39(31(25)43)17-33(46)9-11-38(12-10-33)30(42)22-5-3-21(4-6-22)28(35)36/h3-8,13-14,18,20,26,28,46H,9-12,15-17H2,1-2H3,(H,44,45)/t20-,26-/m1/s1. The summed E-state index contributed by atoms with van der Waals surface area (Å²) in [6, 6.07) is 11.7. The predicted octanol–water partition coefficient (Wildman–Crippen LogP) is 5.19. The Labute approximate surface area is 273 Å². The van der Waals surface area contributed by atoms with Crippen LogP contribution in [0.4, 0.5) is 13.6 Å². The summed E-state index contributed by atoms with van der Waals surface area (Å²) in [4.78, 5) is 45.9. The van der Waals surface area contributed by atoms with Crippen molar-refractivity contribution in [3.8, 4) is 5.69 Å². The van der Waals surface area contributed by atoms with E-state index >= 15 is 0 Å². The second-order valence-electron chi connectivity index (χ2n) is 12.3. The van der Waals surface area contributed by atoms with Crippen LogP contribution in [0.25, 0.3) is 16.7 Å². The summed E-state index contributed by atoms with van der Waals surface area (Å²) in [6.45, 7) is 4.61. The van der Waals surface area contributed by atoms with Gasteiger partial charge in [-0.25, -0.2) is 18.6 Å². The Morgan fingerprint density at radius 1 is 1.13 bits per heavy atom. The van der Waals surface area contributed by atoms with Crippen LogP contribution in [-0.2, 0) is 11.3 Å². The number of benzene rings is 2. The lowest BCUT2D eigenvalue weighted by atomic mass is 9.91. The van der Waals surface area contributed by atoms with E-state index in [0.717, 1.165) is 11.1 Å². The minimum atomic E-state index is -2.62. The molecule has 0 radical (unpaired) electrons. The molecule has 0 aliphatic carbocycles. The molecule has 11 nitrogen and oxygen atoms in total. The van der Waals surface area contributed by atoms with Crippen LogP contribution in [0.5, 0.6) is 0 Å². The van der Waals surface area contributed by atoms with Crippen LogP contribution in [0.2, 0.25) is 5.15 Å². The van der Waals surface area contributed by atoms with Crippen molar-refractivity contribution in [2.75, 3.05) is 26.2 Å². The number of fused-ring (bicyclic) bond motifs is 1. The maximum atomic E-state index is 13.6. The van der Waals surface area contributed by atoms with E-state index in [1.165, 1.54) is 46.1 Å². The van der Waals surface area contributed by atoms with Crippen molar-refractivity contribution in [3.63, 3.8) is 0 Å². The van der Waals surface area contributed by atoms with Crippen molar-refractivity contribution in [1.82, 2.24) is 23.9 Å². The Bertz CT molecular complexity index is 1890. The van der Waals surface area contributed by atoms with Gasteiger partial charge in [0.15, 0.2) is 5.65 Å². The molecular weight excluding hydrogens is 636 g/mol. The van der Waals surface area contributed by atoms with Gasteiger partial charge in [-0.1, -0.05) is 29.8 Å². The van der Waals surface area contributed by atoms with Crippen LogP contribution < -0.4 is 5.56 Å². The normalized spacial score (nSPS) is 19.8. The molecular formula is C33H34ClF2N5O6. The zero-order valence-electron chi connectivity index (χ0n) is 25.8. The number of amides is 2. The number of carboxylic acid groups (broad SMARTS) is 1. The van der Waals surface area contributed by atoms with Crippen molar-refractivity contribution >= 4 is 34.6 Å². The van der Waals surface area contributed by atoms with Crippen molar-refractivity contribution in [2.45, 2.75) is 57.4 Å². The van der Waals surface area contributed by atoms with Crippen molar-refractivity contribution < 1.29 is 33.3 Å². The van der Waals surface area contributed by atoms with Gasteiger partial charge in [-0.05, 0) is 68.1 Å². The van der Waals surface area contributed by atoms with Gasteiger partial charge in [0.05, 0.1) is 42.8 Å². The summed E-state index contributed by atoms with van der Waals surface area (Å²) in [5.41, 5.74) is 1.05. The Morgan fingerprint density at radius 3 is 2.47 bits per heavy atom. The second-order valence-corrected chi connectivity index (χ2v) is 12.7. The zero-order chi connectivity index (χ0) is 33.6. The lowest BCUT2D eigenvalue weighted by Crippen LogP contribution is -2.49. The number of piperidine rings is 1. The first-order chi connectivity index (χ1) is 22.3. The van der Waals surface area contributed by atoms with E-state index in [1.807, 2.05) is 26.0 Å². The number of aliphatic hydroxyl groups is 1. The molecule has 6 rings (SSSR count). The topological polar surface area (TPSA) is 130 Å². The number of carbonyl (C=O) groups is 2. The van der Waals surface area contributed by atoms with Crippen LogP contribution in [0.1, 0.15) is 59.3 Å². The molecule has 2 atom stereocenters. The molecule has 14 heteroatoms. The van der Waals surface area contributed by atoms with E-state index in [0.29, 0.717) is 11.3 Å². The van der Waals surface area contributed by atoms with Crippen molar-refractivity contribution in [2.24, 2.45) is 0 Å². The van der Waals surface area contributed by atoms with Gasteiger partial charge in [-0.2, -0.15) is 0 Å². The van der Waals surface area contributed by atoms with E-state index in [1.54, 1.807) is 15.5 Å². The highest BCUT2D eigenvalue weighted by Crippen LogP contribution is 2.32. The molecule has 4 heterocycles. The molecule has 0 saturated carbocycles. The number of ether oxygens (including phenoxy) is 1. The number of aromatic nitrogens is 3. The quantitative estimate of drug-likeness (QED) is 0.289. The molecule has 2 aliphatic heterocycles. The largest absolute Gasteiger partial charge is 0.465 e. The lowest BCUT2D eigenvalue weighted by Gasteiger charge is -2.38. The molecule has 2 aromatic carbocycles. The molecule has 2 amide bonds. The van der Waals surface area contributed by atoms with Gasteiger partial charge >= 0.3 is 6.09 Å². The number of likely N-dealkylation sites (tertiary alicyclic amines) is 1. The molecule has 2 fully saturated rings. The van der Waals surface area contributed by atoms with Crippen molar-refractivity contribution in [3.05, 3.63) is 92.6 Å². The highest BCUT2D eigenvalue weighted by molar-refractivity contribution is 6.31. The number of hydrogen-bond donors (Lipinski definition) is 2. The van der Waals surface area contributed by atoms with Crippen LogP contribution in [-0.4, -0.2) is 84.1 Å². The van der Waals surface area contributed by atoms with E-state index < -0.39 is 24.2 Å². The Hall–Kier alpha value is -4.33. The maximum Gasteiger partial charge on any atom is 0.407 e. The number of morpholine rings is 1. The van der Waals surface area contributed by atoms with Crippen LogP contribution in [0.15, 0.2) is 59.7 Å². The van der Waals surface area contributed by atoms with Gasteiger partial charge < -0.3 is 19.8 Å². The molecule has 0 bridgehead atoms. The SMILES string of the molecule is Cc1cc(-n2c(Cl)cc3c(=O)n(CC4(O)CCN(C(=O)c5ccc(C(F)F)cc5)CC4)cnc32)ccc1[C@H]1CO[C@H](C)CN1C(=O)O. The number of rotatable bonds is 6. The molecule has 4 aromatic rings. The number of nitrogens with zero attached hydrogens (tertiary/aromatic N) is 5. The van der Waals surface area contributed by atoms with Crippen molar-refractivity contribution in [1.29, 1.82) is 0 Å². The summed E-state index contributed by atoms with van der Waals surface area (Å²) < 4.78 is 34.5. The van der Waals surface area contributed by atoms with E-state index in [4.69, 9.17) is 16.3 Å². The third-order valence-electron chi connectivity index (χ3n) is 9.08. The first kappa shape index (κ1) is 32.6. The van der Waals surface area contributed by atoms with Crippen LogP contribution in [0, 0.1) is 6.92 Å². The van der Waals surface area contributed by atoms with Gasteiger partial charge in [0, 0.05) is 29.9 Å². The number of carbonyl (C=O) groups excluding carboxylic acids is 1. The Balaban J connectivity index is 1.19.